The Labute approximate surface area is 164 Å². The maximum atomic E-state index is 13.2. The van der Waals surface area contributed by atoms with Crippen LogP contribution in [0.2, 0.25) is 5.02 Å². The Bertz CT molecular complexity index is 866. The molecule has 0 radical (unpaired) electrons. The second kappa shape index (κ2) is 7.01. The predicted octanol–water partition coefficient (Wildman–Crippen LogP) is 3.66. The molecular formula is C22H23ClN2O2. The molecule has 0 N–H and O–H groups in total. The van der Waals surface area contributed by atoms with Crippen molar-refractivity contribution in [3.63, 3.8) is 0 Å². The second-order valence-corrected chi connectivity index (χ2v) is 7.98. The summed E-state index contributed by atoms with van der Waals surface area (Å²) in [7, 11) is 0. The summed E-state index contributed by atoms with van der Waals surface area (Å²) in [5.41, 5.74) is 2.45. The number of nitrogens with zero attached hydrogens (tertiary/aromatic N) is 2. The average molecular weight is 383 g/mol. The van der Waals surface area contributed by atoms with Crippen LogP contribution in [0.5, 0.6) is 0 Å². The zero-order chi connectivity index (χ0) is 19.0. The molecule has 2 amide bonds. The molecule has 1 aliphatic heterocycles. The summed E-state index contributed by atoms with van der Waals surface area (Å²) in [6, 6.07) is 15.3. The van der Waals surface area contributed by atoms with Crippen LogP contribution in [0.1, 0.15) is 34.3 Å². The molecule has 0 unspecified atom stereocenters. The summed E-state index contributed by atoms with van der Waals surface area (Å²) < 4.78 is 0. The molecule has 1 heterocycles. The number of carbonyl (C=O) groups is 2. The molecule has 0 aromatic heterocycles. The zero-order valence-electron chi connectivity index (χ0n) is 15.5. The lowest BCUT2D eigenvalue weighted by Crippen LogP contribution is -2.53. The number of amides is 2. The van der Waals surface area contributed by atoms with Crippen LogP contribution in [-0.2, 0) is 10.2 Å². The number of aryl methyl sites for hydroxylation is 1. The van der Waals surface area contributed by atoms with Gasteiger partial charge in [-0.25, -0.2) is 0 Å². The van der Waals surface area contributed by atoms with Crippen LogP contribution in [0, 0.1) is 6.92 Å². The molecule has 2 aliphatic rings. The van der Waals surface area contributed by atoms with Crippen molar-refractivity contribution in [3.05, 3.63) is 70.2 Å². The molecule has 0 bridgehead atoms. The third kappa shape index (κ3) is 3.46. The van der Waals surface area contributed by atoms with E-state index in [-0.39, 0.29) is 11.8 Å². The molecule has 4 nitrogen and oxygen atoms in total. The Morgan fingerprint density at radius 3 is 2.15 bits per heavy atom. The van der Waals surface area contributed by atoms with Gasteiger partial charge in [0, 0.05) is 36.8 Å². The number of rotatable bonds is 3. The van der Waals surface area contributed by atoms with E-state index in [0.717, 1.165) is 24.0 Å². The van der Waals surface area contributed by atoms with Crippen molar-refractivity contribution >= 4 is 23.4 Å². The summed E-state index contributed by atoms with van der Waals surface area (Å²) >= 11 is 6.12. The number of benzene rings is 2. The molecule has 5 heteroatoms. The van der Waals surface area contributed by atoms with E-state index in [0.29, 0.717) is 36.8 Å². The Morgan fingerprint density at radius 2 is 1.56 bits per heavy atom. The molecule has 1 saturated heterocycles. The number of halogens is 1. The Balaban J connectivity index is 1.41. The highest BCUT2D eigenvalue weighted by atomic mass is 35.5. The lowest BCUT2D eigenvalue weighted by molar-refractivity contribution is -0.135. The van der Waals surface area contributed by atoms with Gasteiger partial charge in [-0.05, 0) is 49.6 Å². The van der Waals surface area contributed by atoms with Gasteiger partial charge in [0.15, 0.2) is 0 Å². The van der Waals surface area contributed by atoms with Crippen LogP contribution < -0.4 is 0 Å². The Kier molecular flexibility index (Phi) is 4.68. The maximum absolute atomic E-state index is 13.2. The van der Waals surface area contributed by atoms with E-state index in [4.69, 9.17) is 11.6 Å². The molecule has 0 spiro atoms. The second-order valence-electron chi connectivity index (χ2n) is 7.54. The smallest absolute Gasteiger partial charge is 0.253 e. The average Bonchev–Trinajstić information content (AvgIpc) is 3.50. The minimum Gasteiger partial charge on any atom is -0.338 e. The van der Waals surface area contributed by atoms with Gasteiger partial charge in [-0.1, -0.05) is 41.4 Å². The van der Waals surface area contributed by atoms with Crippen LogP contribution >= 0.6 is 11.6 Å². The van der Waals surface area contributed by atoms with Crippen molar-refractivity contribution in [1.29, 1.82) is 0 Å². The third-order valence-corrected chi connectivity index (χ3v) is 5.92. The molecule has 27 heavy (non-hydrogen) atoms. The summed E-state index contributed by atoms with van der Waals surface area (Å²) in [6.45, 7) is 4.32. The molecule has 2 aromatic carbocycles. The van der Waals surface area contributed by atoms with Crippen molar-refractivity contribution in [2.45, 2.75) is 25.2 Å². The molecule has 4 rings (SSSR count). The van der Waals surface area contributed by atoms with E-state index in [1.165, 1.54) is 0 Å². The van der Waals surface area contributed by atoms with Gasteiger partial charge in [-0.3, -0.25) is 9.59 Å². The fourth-order valence-corrected chi connectivity index (χ4v) is 4.02. The number of hydrogen-bond acceptors (Lipinski definition) is 2. The van der Waals surface area contributed by atoms with Crippen LogP contribution in [0.15, 0.2) is 48.5 Å². The van der Waals surface area contributed by atoms with E-state index in [9.17, 15) is 9.59 Å². The first kappa shape index (κ1) is 18.1. The zero-order valence-corrected chi connectivity index (χ0v) is 16.2. The molecule has 2 aromatic rings. The highest BCUT2D eigenvalue weighted by Crippen LogP contribution is 2.50. The van der Waals surface area contributed by atoms with E-state index in [1.807, 2.05) is 65.3 Å². The maximum Gasteiger partial charge on any atom is 0.253 e. The van der Waals surface area contributed by atoms with Gasteiger partial charge in [-0.15, -0.1) is 0 Å². The summed E-state index contributed by atoms with van der Waals surface area (Å²) in [4.78, 5) is 29.6. The molecule has 0 atom stereocenters. The molecule has 2 fully saturated rings. The molecule has 1 aliphatic carbocycles. The fraction of sp³-hybridized carbons (Fsp3) is 0.364. The van der Waals surface area contributed by atoms with Gasteiger partial charge < -0.3 is 9.80 Å². The minimum absolute atomic E-state index is 0.0399. The van der Waals surface area contributed by atoms with E-state index < -0.39 is 5.41 Å². The highest BCUT2D eigenvalue weighted by molar-refractivity contribution is 6.30. The Hall–Kier alpha value is -2.33. The first-order valence-corrected chi connectivity index (χ1v) is 9.79. The number of carbonyl (C=O) groups excluding carboxylic acids is 2. The molecular weight excluding hydrogens is 360 g/mol. The first-order valence-electron chi connectivity index (χ1n) is 9.41. The largest absolute Gasteiger partial charge is 0.338 e. The number of piperazine rings is 1. The summed E-state index contributed by atoms with van der Waals surface area (Å²) in [5, 5.41) is 0.667. The van der Waals surface area contributed by atoms with Crippen LogP contribution in [0.3, 0.4) is 0 Å². The standard InChI is InChI=1S/C22H23ClN2O2/c1-16-5-7-17(8-6-16)20(26)24-11-13-25(14-12-24)21(27)22(9-10-22)18-3-2-4-19(23)15-18/h2-8,15H,9-14H2,1H3. The van der Waals surface area contributed by atoms with Crippen molar-refractivity contribution in [2.75, 3.05) is 26.2 Å². The van der Waals surface area contributed by atoms with Crippen molar-refractivity contribution in [2.24, 2.45) is 0 Å². The Morgan fingerprint density at radius 1 is 0.926 bits per heavy atom. The topological polar surface area (TPSA) is 40.6 Å². The van der Waals surface area contributed by atoms with Gasteiger partial charge in [-0.2, -0.15) is 0 Å². The first-order chi connectivity index (χ1) is 13.0. The normalized spacial score (nSPS) is 18.3. The van der Waals surface area contributed by atoms with Gasteiger partial charge in [0.05, 0.1) is 5.41 Å². The van der Waals surface area contributed by atoms with Crippen LogP contribution in [0.25, 0.3) is 0 Å². The van der Waals surface area contributed by atoms with Gasteiger partial charge >= 0.3 is 0 Å². The SMILES string of the molecule is Cc1ccc(C(=O)N2CCN(C(=O)C3(c4cccc(Cl)c4)CC3)CC2)cc1. The van der Waals surface area contributed by atoms with Crippen LogP contribution in [-0.4, -0.2) is 47.8 Å². The van der Waals surface area contributed by atoms with E-state index >= 15 is 0 Å². The van der Waals surface area contributed by atoms with Crippen molar-refractivity contribution in [1.82, 2.24) is 9.80 Å². The van der Waals surface area contributed by atoms with Gasteiger partial charge in [0.2, 0.25) is 5.91 Å². The lowest BCUT2D eigenvalue weighted by atomic mass is 9.94. The lowest BCUT2D eigenvalue weighted by Gasteiger charge is -2.36. The molecule has 1 saturated carbocycles. The van der Waals surface area contributed by atoms with Gasteiger partial charge in [0.25, 0.3) is 5.91 Å². The fourth-order valence-electron chi connectivity index (χ4n) is 3.83. The third-order valence-electron chi connectivity index (χ3n) is 5.69. The quantitative estimate of drug-likeness (QED) is 0.812. The van der Waals surface area contributed by atoms with Crippen molar-refractivity contribution in [3.8, 4) is 0 Å². The monoisotopic (exact) mass is 382 g/mol. The van der Waals surface area contributed by atoms with E-state index in [2.05, 4.69) is 0 Å². The van der Waals surface area contributed by atoms with Gasteiger partial charge in [0.1, 0.15) is 0 Å². The number of hydrogen-bond donors (Lipinski definition) is 0. The molecule has 140 valence electrons. The predicted molar refractivity (Wildman–Crippen MR) is 106 cm³/mol. The highest BCUT2D eigenvalue weighted by Gasteiger charge is 2.53. The van der Waals surface area contributed by atoms with Crippen LogP contribution in [0.4, 0.5) is 0 Å². The summed E-state index contributed by atoms with van der Waals surface area (Å²) in [5.74, 6) is 0.213. The van der Waals surface area contributed by atoms with E-state index in [1.54, 1.807) is 0 Å². The summed E-state index contributed by atoms with van der Waals surface area (Å²) in [6.07, 6.45) is 1.74. The van der Waals surface area contributed by atoms with Crippen molar-refractivity contribution < 1.29 is 9.59 Å². The minimum atomic E-state index is -0.409.